The summed E-state index contributed by atoms with van der Waals surface area (Å²) in [5, 5.41) is 3.42. The van der Waals surface area contributed by atoms with Crippen LogP contribution in [0, 0.1) is 0 Å². The van der Waals surface area contributed by atoms with Crippen LogP contribution in [0.5, 0.6) is 0 Å². The van der Waals surface area contributed by atoms with Crippen molar-refractivity contribution in [2.75, 3.05) is 37.6 Å². The number of fused-ring (bicyclic) bond motifs is 1. The fraction of sp³-hybridized carbons (Fsp3) is 0.417. The van der Waals surface area contributed by atoms with Crippen molar-refractivity contribution in [3.05, 3.63) is 66.6 Å². The first-order chi connectivity index (χ1) is 14.8. The van der Waals surface area contributed by atoms with Gasteiger partial charge < -0.3 is 19.5 Å². The molecule has 0 aliphatic carbocycles. The zero-order chi connectivity index (χ0) is 20.8. The van der Waals surface area contributed by atoms with Gasteiger partial charge >= 0.3 is 0 Å². The molecule has 31 heavy (non-hydrogen) atoms. The maximum absolute atomic E-state index is 12.0. The number of hydrogen-bond donors (Lipinski definition) is 1. The van der Waals surface area contributed by atoms with E-state index >= 15 is 0 Å². The minimum Gasteiger partial charge on any atom is -0.469 e. The van der Waals surface area contributed by atoms with Crippen LogP contribution in [0.3, 0.4) is 0 Å². The highest BCUT2D eigenvalue weighted by atomic mass is 127. The second-order valence-electron chi connectivity index (χ2n) is 7.84. The third-order valence-electron chi connectivity index (χ3n) is 5.85. The van der Waals surface area contributed by atoms with Gasteiger partial charge in [0.15, 0.2) is 5.96 Å². The summed E-state index contributed by atoms with van der Waals surface area (Å²) in [5.41, 5.74) is 2.53. The second-order valence-corrected chi connectivity index (χ2v) is 7.84. The minimum atomic E-state index is 0. The number of anilines is 1. The van der Waals surface area contributed by atoms with E-state index in [0.717, 1.165) is 50.6 Å². The van der Waals surface area contributed by atoms with E-state index in [2.05, 4.69) is 41.1 Å². The van der Waals surface area contributed by atoms with Gasteiger partial charge in [-0.2, -0.15) is 0 Å². The van der Waals surface area contributed by atoms with E-state index in [0.29, 0.717) is 31.3 Å². The SMILES string of the molecule is C=CCNC(=NCCc1ccco1)N1CC(CCN2CCCC2=O)c2ccccc21.I. The summed E-state index contributed by atoms with van der Waals surface area (Å²) >= 11 is 0. The molecule has 1 aromatic carbocycles. The molecule has 0 saturated carbocycles. The Labute approximate surface area is 201 Å². The molecule has 0 radical (unpaired) electrons. The Bertz CT molecular complexity index is 897. The number of amides is 1. The normalized spacial score (nSPS) is 18.1. The van der Waals surface area contributed by atoms with Crippen molar-refractivity contribution < 1.29 is 9.21 Å². The number of likely N-dealkylation sites (tertiary alicyclic amines) is 1. The summed E-state index contributed by atoms with van der Waals surface area (Å²) < 4.78 is 5.43. The van der Waals surface area contributed by atoms with E-state index in [9.17, 15) is 4.79 Å². The van der Waals surface area contributed by atoms with Gasteiger partial charge in [0, 0.05) is 57.2 Å². The van der Waals surface area contributed by atoms with E-state index in [4.69, 9.17) is 9.41 Å². The highest BCUT2D eigenvalue weighted by Gasteiger charge is 2.32. The van der Waals surface area contributed by atoms with Crippen LogP contribution < -0.4 is 10.2 Å². The number of nitrogens with one attached hydrogen (secondary N) is 1. The number of benzene rings is 1. The lowest BCUT2D eigenvalue weighted by Gasteiger charge is -2.23. The quantitative estimate of drug-likeness (QED) is 0.239. The van der Waals surface area contributed by atoms with E-state index in [1.54, 1.807) is 6.26 Å². The van der Waals surface area contributed by atoms with Crippen LogP contribution in [0.15, 0.2) is 64.7 Å². The molecular weight excluding hydrogens is 503 g/mol. The highest BCUT2D eigenvalue weighted by Crippen LogP contribution is 2.38. The molecule has 1 unspecified atom stereocenters. The fourth-order valence-electron chi connectivity index (χ4n) is 4.32. The van der Waals surface area contributed by atoms with Gasteiger partial charge in [0.1, 0.15) is 5.76 Å². The minimum absolute atomic E-state index is 0. The van der Waals surface area contributed by atoms with E-state index in [1.807, 2.05) is 23.1 Å². The smallest absolute Gasteiger partial charge is 0.222 e. The summed E-state index contributed by atoms with van der Waals surface area (Å²) in [6, 6.07) is 12.4. The van der Waals surface area contributed by atoms with Gasteiger partial charge in [0.2, 0.25) is 5.91 Å². The molecule has 2 aromatic rings. The van der Waals surface area contributed by atoms with Crippen LogP contribution in [0.2, 0.25) is 0 Å². The van der Waals surface area contributed by atoms with Crippen molar-refractivity contribution in [1.29, 1.82) is 0 Å². The van der Waals surface area contributed by atoms with Crippen molar-refractivity contribution >= 4 is 41.5 Å². The number of rotatable bonds is 8. The van der Waals surface area contributed by atoms with E-state index < -0.39 is 0 Å². The average Bonchev–Trinajstić information content (AvgIpc) is 3.50. The summed E-state index contributed by atoms with van der Waals surface area (Å²) in [6.07, 6.45) is 6.97. The van der Waals surface area contributed by atoms with Gasteiger partial charge in [0.05, 0.1) is 6.26 Å². The predicted molar refractivity (Wildman–Crippen MR) is 135 cm³/mol. The molecule has 1 N–H and O–H groups in total. The number of hydrogen-bond acceptors (Lipinski definition) is 3. The Morgan fingerprint density at radius 2 is 2.16 bits per heavy atom. The lowest BCUT2D eigenvalue weighted by atomic mass is 9.98. The molecule has 1 atom stereocenters. The maximum Gasteiger partial charge on any atom is 0.222 e. The molecule has 1 aromatic heterocycles. The number of carbonyl (C=O) groups excluding carboxylic acids is 1. The van der Waals surface area contributed by atoms with Gasteiger partial charge in [-0.15, -0.1) is 30.6 Å². The number of guanidine groups is 1. The first kappa shape index (κ1) is 23.4. The van der Waals surface area contributed by atoms with Crippen molar-refractivity contribution in [2.45, 2.75) is 31.6 Å². The van der Waals surface area contributed by atoms with Gasteiger partial charge in [0.25, 0.3) is 0 Å². The molecule has 1 amide bonds. The molecule has 4 rings (SSSR count). The van der Waals surface area contributed by atoms with Crippen molar-refractivity contribution in [2.24, 2.45) is 4.99 Å². The summed E-state index contributed by atoms with van der Waals surface area (Å²) in [7, 11) is 0. The first-order valence-electron chi connectivity index (χ1n) is 10.8. The Kier molecular flexibility index (Phi) is 8.57. The van der Waals surface area contributed by atoms with Gasteiger partial charge in [-0.05, 0) is 36.6 Å². The number of nitrogens with zero attached hydrogens (tertiary/aromatic N) is 3. The summed E-state index contributed by atoms with van der Waals surface area (Å²) in [4.78, 5) is 21.1. The van der Waals surface area contributed by atoms with Crippen molar-refractivity contribution in [1.82, 2.24) is 10.2 Å². The number of aliphatic imine (C=N–C) groups is 1. The zero-order valence-electron chi connectivity index (χ0n) is 17.8. The standard InChI is InChI=1S/C24H30N4O2.HI/c1-2-13-25-24(26-14-11-20-7-6-17-30-20)28-18-19(21-8-3-4-9-22(21)28)12-16-27-15-5-10-23(27)29;/h2-4,6-9,17,19H,1,5,10-16,18H2,(H,25,26);1H. The number of furan rings is 1. The second kappa shape index (κ2) is 11.4. The Morgan fingerprint density at radius 3 is 2.90 bits per heavy atom. The van der Waals surface area contributed by atoms with Gasteiger partial charge in [-0.25, -0.2) is 0 Å². The summed E-state index contributed by atoms with van der Waals surface area (Å²) in [5.74, 6) is 2.49. The molecule has 7 heteroatoms. The largest absolute Gasteiger partial charge is 0.469 e. The maximum atomic E-state index is 12.0. The zero-order valence-corrected chi connectivity index (χ0v) is 20.2. The molecule has 3 heterocycles. The van der Waals surface area contributed by atoms with Crippen LogP contribution in [0.4, 0.5) is 5.69 Å². The van der Waals surface area contributed by atoms with Crippen molar-refractivity contribution in [3.8, 4) is 0 Å². The van der Waals surface area contributed by atoms with Crippen LogP contribution in [-0.2, 0) is 11.2 Å². The van der Waals surface area contributed by atoms with Gasteiger partial charge in [-0.1, -0.05) is 24.3 Å². The molecule has 1 saturated heterocycles. The predicted octanol–water partition coefficient (Wildman–Crippen LogP) is 4.19. The Hall–Kier alpha value is -2.29. The van der Waals surface area contributed by atoms with Crippen LogP contribution in [0.1, 0.15) is 36.5 Å². The molecule has 166 valence electrons. The third kappa shape index (κ3) is 5.70. The van der Waals surface area contributed by atoms with Crippen LogP contribution >= 0.6 is 24.0 Å². The van der Waals surface area contributed by atoms with Crippen molar-refractivity contribution in [3.63, 3.8) is 0 Å². The van der Waals surface area contributed by atoms with Crippen LogP contribution in [-0.4, -0.2) is 49.5 Å². The molecule has 2 aliphatic rings. The number of carbonyl (C=O) groups is 1. The molecule has 1 fully saturated rings. The Morgan fingerprint density at radius 1 is 1.29 bits per heavy atom. The monoisotopic (exact) mass is 534 g/mol. The topological polar surface area (TPSA) is 61.1 Å². The van der Waals surface area contributed by atoms with E-state index in [-0.39, 0.29) is 24.0 Å². The highest BCUT2D eigenvalue weighted by molar-refractivity contribution is 14.0. The first-order valence-corrected chi connectivity index (χ1v) is 10.8. The number of para-hydroxylation sites is 1. The summed E-state index contributed by atoms with van der Waals surface area (Å²) in [6.45, 7) is 7.74. The van der Waals surface area contributed by atoms with E-state index in [1.165, 1.54) is 11.3 Å². The molecular formula is C24H31IN4O2. The Balaban J connectivity index is 0.00000272. The van der Waals surface area contributed by atoms with Crippen LogP contribution in [0.25, 0.3) is 0 Å². The van der Waals surface area contributed by atoms with Gasteiger partial charge in [-0.3, -0.25) is 9.79 Å². The lowest BCUT2D eigenvalue weighted by Crippen LogP contribution is -2.41. The fourth-order valence-corrected chi connectivity index (χ4v) is 4.32. The molecule has 2 aliphatic heterocycles. The molecule has 0 spiro atoms. The third-order valence-corrected chi connectivity index (χ3v) is 5.85. The lowest BCUT2D eigenvalue weighted by molar-refractivity contribution is -0.127. The number of halogens is 1. The molecule has 0 bridgehead atoms. The average molecular weight is 534 g/mol. The molecule has 6 nitrogen and oxygen atoms in total.